The third kappa shape index (κ3) is 3.66. The zero-order valence-electron chi connectivity index (χ0n) is 14.3. The maximum Gasteiger partial charge on any atom is 0.318 e. The van der Waals surface area contributed by atoms with Crippen molar-refractivity contribution in [2.24, 2.45) is 12.8 Å². The number of aliphatic carboxylic acids is 1. The molecule has 0 fully saturated rings. The predicted octanol–water partition coefficient (Wildman–Crippen LogP) is 0.887. The van der Waals surface area contributed by atoms with Crippen LogP contribution in [0.5, 0.6) is 0 Å². The summed E-state index contributed by atoms with van der Waals surface area (Å²) in [6.07, 6.45) is 0. The van der Waals surface area contributed by atoms with Crippen LogP contribution in [0.4, 0.5) is 0 Å². The van der Waals surface area contributed by atoms with Crippen LogP contribution in [0, 0.1) is 5.41 Å². The summed E-state index contributed by atoms with van der Waals surface area (Å²) in [6, 6.07) is 11.4. The molecule has 27 heavy (non-hydrogen) atoms. The van der Waals surface area contributed by atoms with Gasteiger partial charge in [-0.1, -0.05) is 24.3 Å². The number of sulfonamides is 1. The molecule has 140 valence electrons. The summed E-state index contributed by atoms with van der Waals surface area (Å²) in [5.74, 6) is -0.683. The third-order valence-corrected chi connectivity index (χ3v) is 5.43. The second-order valence-corrected chi connectivity index (χ2v) is 7.62. The Hall–Kier alpha value is -3.24. The van der Waals surface area contributed by atoms with Crippen molar-refractivity contribution in [1.29, 1.82) is 5.41 Å². The summed E-state index contributed by atoms with van der Waals surface area (Å²) in [7, 11) is -2.14. The van der Waals surface area contributed by atoms with Gasteiger partial charge in [0.05, 0.1) is 15.9 Å². The van der Waals surface area contributed by atoms with E-state index in [1.807, 2.05) is 9.29 Å². The van der Waals surface area contributed by atoms with Gasteiger partial charge in [-0.15, -0.1) is 0 Å². The molecule has 0 saturated carbocycles. The summed E-state index contributed by atoms with van der Waals surface area (Å²) in [6.45, 7) is -0.698. The molecule has 0 aliphatic heterocycles. The van der Waals surface area contributed by atoms with Crippen molar-refractivity contribution in [3.05, 3.63) is 48.0 Å². The van der Waals surface area contributed by atoms with Crippen LogP contribution in [-0.2, 0) is 21.9 Å². The minimum absolute atomic E-state index is 0.0322. The van der Waals surface area contributed by atoms with Crippen molar-refractivity contribution in [3.8, 4) is 11.4 Å². The van der Waals surface area contributed by atoms with Crippen LogP contribution in [0.15, 0.2) is 47.4 Å². The van der Waals surface area contributed by atoms with Gasteiger partial charge in [-0.05, 0) is 18.2 Å². The standard InChI is InChI=1S/C17H17N5O4S/c1-22-14-7-6-12(27(25,26)20-9-15(23)24)8-13(14)21-17(22)11-4-2-10(3-5-11)16(18)19/h2-8,20H,9H2,1H3,(H3,18,19)(H,23,24). The molecule has 9 nitrogen and oxygen atoms in total. The Balaban J connectivity index is 2.02. The highest BCUT2D eigenvalue weighted by Gasteiger charge is 2.18. The fraction of sp³-hybridized carbons (Fsp3) is 0.118. The number of nitrogens with one attached hydrogen (secondary N) is 2. The number of carboxylic acid groups (broad SMARTS) is 1. The van der Waals surface area contributed by atoms with E-state index in [0.717, 1.165) is 11.1 Å². The number of rotatable bonds is 6. The molecule has 0 aliphatic rings. The lowest BCUT2D eigenvalue weighted by Gasteiger charge is -2.05. The number of carboxylic acids is 1. The van der Waals surface area contributed by atoms with Gasteiger partial charge in [-0.25, -0.2) is 13.4 Å². The van der Waals surface area contributed by atoms with Gasteiger partial charge in [0.15, 0.2) is 0 Å². The Kier molecular flexibility index (Phi) is 4.68. The van der Waals surface area contributed by atoms with Crippen molar-refractivity contribution in [2.45, 2.75) is 4.90 Å². The summed E-state index contributed by atoms with van der Waals surface area (Å²) in [5, 5.41) is 16.1. The third-order valence-electron chi connectivity index (χ3n) is 4.03. The maximum absolute atomic E-state index is 12.2. The van der Waals surface area contributed by atoms with Crippen molar-refractivity contribution < 1.29 is 18.3 Å². The van der Waals surface area contributed by atoms with Gasteiger partial charge in [0.25, 0.3) is 0 Å². The largest absolute Gasteiger partial charge is 0.480 e. The zero-order valence-corrected chi connectivity index (χ0v) is 15.1. The van der Waals surface area contributed by atoms with Crippen molar-refractivity contribution in [3.63, 3.8) is 0 Å². The molecule has 3 aromatic rings. The highest BCUT2D eigenvalue weighted by molar-refractivity contribution is 7.89. The van der Waals surface area contributed by atoms with E-state index in [-0.39, 0.29) is 10.7 Å². The quantitative estimate of drug-likeness (QED) is 0.364. The van der Waals surface area contributed by atoms with E-state index in [9.17, 15) is 13.2 Å². The molecule has 0 amide bonds. The van der Waals surface area contributed by atoms with Crippen LogP contribution in [0.25, 0.3) is 22.4 Å². The first-order chi connectivity index (χ1) is 12.7. The molecule has 0 unspecified atom stereocenters. The van der Waals surface area contributed by atoms with Gasteiger partial charge < -0.3 is 15.4 Å². The minimum Gasteiger partial charge on any atom is -0.480 e. The second-order valence-electron chi connectivity index (χ2n) is 5.85. The number of amidine groups is 1. The van der Waals surface area contributed by atoms with Crippen LogP contribution in [0.1, 0.15) is 5.56 Å². The number of imidazole rings is 1. The van der Waals surface area contributed by atoms with Crippen molar-refractivity contribution >= 4 is 32.9 Å². The highest BCUT2D eigenvalue weighted by Crippen LogP contribution is 2.25. The van der Waals surface area contributed by atoms with E-state index >= 15 is 0 Å². The number of carbonyl (C=O) groups is 1. The number of nitrogens with two attached hydrogens (primary N) is 1. The van der Waals surface area contributed by atoms with E-state index in [1.54, 1.807) is 37.4 Å². The number of fused-ring (bicyclic) bond motifs is 1. The van der Waals surface area contributed by atoms with Gasteiger partial charge in [0.1, 0.15) is 18.2 Å². The van der Waals surface area contributed by atoms with Gasteiger partial charge in [0, 0.05) is 18.2 Å². The van der Waals surface area contributed by atoms with Crippen LogP contribution in [0.2, 0.25) is 0 Å². The molecule has 5 N–H and O–H groups in total. The number of hydrogen-bond acceptors (Lipinski definition) is 5. The Bertz CT molecular complexity index is 1150. The molecule has 0 atom stereocenters. The van der Waals surface area contributed by atoms with Gasteiger partial charge in [0.2, 0.25) is 10.0 Å². The fourth-order valence-corrected chi connectivity index (χ4v) is 3.64. The fourth-order valence-electron chi connectivity index (χ4n) is 2.64. The molecular formula is C17H17N5O4S. The smallest absolute Gasteiger partial charge is 0.318 e. The molecule has 1 heterocycles. The van der Waals surface area contributed by atoms with E-state index in [2.05, 4.69) is 4.98 Å². The Morgan fingerprint density at radius 1 is 1.26 bits per heavy atom. The number of hydrogen-bond donors (Lipinski definition) is 4. The molecule has 0 aliphatic carbocycles. The lowest BCUT2D eigenvalue weighted by atomic mass is 10.1. The summed E-state index contributed by atoms with van der Waals surface area (Å²) in [4.78, 5) is 15.0. The molecular weight excluding hydrogens is 370 g/mol. The van der Waals surface area contributed by atoms with Crippen molar-refractivity contribution in [2.75, 3.05) is 6.54 Å². The first kappa shape index (κ1) is 18.5. The van der Waals surface area contributed by atoms with Crippen molar-refractivity contribution in [1.82, 2.24) is 14.3 Å². The first-order valence-corrected chi connectivity index (χ1v) is 9.30. The van der Waals surface area contributed by atoms with E-state index < -0.39 is 22.5 Å². The predicted molar refractivity (Wildman–Crippen MR) is 100.0 cm³/mol. The zero-order chi connectivity index (χ0) is 19.8. The van der Waals surface area contributed by atoms with Crippen LogP contribution in [0.3, 0.4) is 0 Å². The van der Waals surface area contributed by atoms with Gasteiger partial charge >= 0.3 is 5.97 Å². The molecule has 0 spiro atoms. The van der Waals surface area contributed by atoms with E-state index in [4.69, 9.17) is 16.2 Å². The van der Waals surface area contributed by atoms with Crippen LogP contribution >= 0.6 is 0 Å². The molecule has 3 rings (SSSR count). The van der Waals surface area contributed by atoms with E-state index in [1.165, 1.54) is 12.1 Å². The lowest BCUT2D eigenvalue weighted by Crippen LogP contribution is -2.29. The molecule has 2 aromatic carbocycles. The average Bonchev–Trinajstić information content (AvgIpc) is 2.96. The summed E-state index contributed by atoms with van der Waals surface area (Å²) < 4.78 is 28.2. The van der Waals surface area contributed by atoms with Gasteiger partial charge in [-0.3, -0.25) is 10.2 Å². The normalized spacial score (nSPS) is 11.6. The molecule has 0 bridgehead atoms. The SMILES string of the molecule is Cn1c(-c2ccc(C(=N)N)cc2)nc2cc(S(=O)(=O)NCC(=O)O)ccc21. The maximum atomic E-state index is 12.2. The number of aromatic nitrogens is 2. The Morgan fingerprint density at radius 2 is 1.93 bits per heavy atom. The number of aryl methyl sites for hydroxylation is 1. The minimum atomic E-state index is -3.95. The number of nitrogen functional groups attached to an aromatic ring is 1. The Morgan fingerprint density at radius 3 is 2.52 bits per heavy atom. The summed E-state index contributed by atoms with van der Waals surface area (Å²) in [5.41, 5.74) is 8.01. The average molecular weight is 387 g/mol. The number of nitrogens with zero attached hydrogens (tertiary/aromatic N) is 2. The molecule has 0 saturated heterocycles. The molecule has 0 radical (unpaired) electrons. The van der Waals surface area contributed by atoms with Crippen LogP contribution in [-0.4, -0.2) is 41.4 Å². The van der Waals surface area contributed by atoms with Crippen LogP contribution < -0.4 is 10.5 Å². The first-order valence-electron chi connectivity index (χ1n) is 7.82. The second kappa shape index (κ2) is 6.82. The topological polar surface area (TPSA) is 151 Å². The summed E-state index contributed by atoms with van der Waals surface area (Å²) >= 11 is 0. The monoisotopic (exact) mass is 387 g/mol. The molecule has 1 aromatic heterocycles. The number of benzene rings is 2. The van der Waals surface area contributed by atoms with Gasteiger partial charge in [-0.2, -0.15) is 4.72 Å². The lowest BCUT2D eigenvalue weighted by molar-refractivity contribution is -0.135. The molecule has 10 heteroatoms. The highest BCUT2D eigenvalue weighted by atomic mass is 32.2. The van der Waals surface area contributed by atoms with E-state index in [0.29, 0.717) is 16.9 Å². The Labute approximate surface area is 155 Å².